The summed E-state index contributed by atoms with van der Waals surface area (Å²) in [5.74, 6) is 0.391. The lowest BCUT2D eigenvalue weighted by molar-refractivity contribution is -0.188. The maximum absolute atomic E-state index is 12.8. The summed E-state index contributed by atoms with van der Waals surface area (Å²) in [6, 6.07) is 19.4. The van der Waals surface area contributed by atoms with Gasteiger partial charge in [-0.1, -0.05) is 106 Å². The van der Waals surface area contributed by atoms with E-state index in [2.05, 4.69) is 26.9 Å². The number of ether oxygens (including phenoxy) is 2. The Labute approximate surface area is 235 Å². The van der Waals surface area contributed by atoms with Crippen LogP contribution in [0.4, 0.5) is 0 Å². The van der Waals surface area contributed by atoms with Gasteiger partial charge in [0, 0.05) is 29.9 Å². The number of imidazole rings is 2. The molecule has 0 aliphatic carbocycles. The van der Waals surface area contributed by atoms with Crippen LogP contribution in [0, 0.1) is 0 Å². The lowest BCUT2D eigenvalue weighted by Crippen LogP contribution is -2.26. The third kappa shape index (κ3) is 9.22. The van der Waals surface area contributed by atoms with Crippen LogP contribution in [0.2, 0.25) is 0 Å². The zero-order valence-corrected chi connectivity index (χ0v) is 23.1. The number of hydrogen-bond donors (Lipinski definition) is 2. The van der Waals surface area contributed by atoms with E-state index in [1.165, 1.54) is 25.7 Å². The molecule has 4 aromatic rings. The van der Waals surface area contributed by atoms with Crippen LogP contribution in [-0.4, -0.2) is 38.2 Å². The summed E-state index contributed by atoms with van der Waals surface area (Å²) < 4.78 is 11.3. The SMILES string of the molecule is CCCCCCCCCC(OC(=O)Cc1c[nH]c(-c2ccccc2)n1)OC(=O)Cc1c[nH]c(-c2ccccc2)n1. The van der Waals surface area contributed by atoms with Crippen molar-refractivity contribution in [2.75, 3.05) is 0 Å². The van der Waals surface area contributed by atoms with Crippen molar-refractivity contribution in [1.29, 1.82) is 0 Å². The largest absolute Gasteiger partial charge is 0.425 e. The van der Waals surface area contributed by atoms with E-state index >= 15 is 0 Å². The topological polar surface area (TPSA) is 110 Å². The number of esters is 2. The van der Waals surface area contributed by atoms with Gasteiger partial charge in [0.1, 0.15) is 11.6 Å². The minimum atomic E-state index is -0.948. The maximum atomic E-state index is 12.8. The number of hydrogen-bond acceptors (Lipinski definition) is 6. The van der Waals surface area contributed by atoms with E-state index in [0.29, 0.717) is 29.5 Å². The first-order chi connectivity index (χ1) is 19.6. The number of nitrogens with zero attached hydrogens (tertiary/aromatic N) is 2. The molecule has 0 aliphatic rings. The van der Waals surface area contributed by atoms with Crippen molar-refractivity contribution in [2.45, 2.75) is 77.4 Å². The van der Waals surface area contributed by atoms with Crippen molar-refractivity contribution in [3.05, 3.63) is 84.4 Å². The van der Waals surface area contributed by atoms with E-state index in [0.717, 1.165) is 30.4 Å². The normalized spacial score (nSPS) is 11.1. The molecule has 0 aliphatic heterocycles. The Morgan fingerprint density at radius 3 is 1.60 bits per heavy atom. The quantitative estimate of drug-likeness (QED) is 0.0915. The molecule has 210 valence electrons. The number of carbonyl (C=O) groups is 2. The van der Waals surface area contributed by atoms with Gasteiger partial charge in [-0.05, 0) is 6.42 Å². The van der Waals surface area contributed by atoms with Gasteiger partial charge in [-0.25, -0.2) is 9.97 Å². The molecule has 2 heterocycles. The van der Waals surface area contributed by atoms with Crippen LogP contribution >= 0.6 is 0 Å². The van der Waals surface area contributed by atoms with Gasteiger partial charge < -0.3 is 19.4 Å². The summed E-state index contributed by atoms with van der Waals surface area (Å²) in [4.78, 5) is 40.8. The smallest absolute Gasteiger partial charge is 0.315 e. The molecule has 0 saturated carbocycles. The van der Waals surface area contributed by atoms with Crippen molar-refractivity contribution in [3.63, 3.8) is 0 Å². The lowest BCUT2D eigenvalue weighted by atomic mass is 10.1. The zero-order chi connectivity index (χ0) is 28.0. The summed E-state index contributed by atoms with van der Waals surface area (Å²) in [5.41, 5.74) is 2.99. The van der Waals surface area contributed by atoms with Crippen molar-refractivity contribution in [2.24, 2.45) is 0 Å². The minimum absolute atomic E-state index is 0.0196. The molecule has 8 heteroatoms. The van der Waals surface area contributed by atoms with Gasteiger partial charge in [-0.2, -0.15) is 0 Å². The van der Waals surface area contributed by atoms with Crippen LogP contribution in [-0.2, 0) is 31.9 Å². The molecule has 8 nitrogen and oxygen atoms in total. The molecule has 0 bridgehead atoms. The monoisotopic (exact) mass is 542 g/mol. The summed E-state index contributed by atoms with van der Waals surface area (Å²) in [7, 11) is 0. The maximum Gasteiger partial charge on any atom is 0.315 e. The van der Waals surface area contributed by atoms with Crippen molar-refractivity contribution in [1.82, 2.24) is 19.9 Å². The van der Waals surface area contributed by atoms with Crippen LogP contribution < -0.4 is 0 Å². The van der Waals surface area contributed by atoms with Crippen LogP contribution in [0.1, 0.15) is 69.7 Å². The number of aromatic nitrogens is 4. The van der Waals surface area contributed by atoms with Gasteiger partial charge >= 0.3 is 11.9 Å². The highest BCUT2D eigenvalue weighted by atomic mass is 16.7. The number of aromatic amines is 2. The average Bonchev–Trinajstić information content (AvgIpc) is 3.63. The second-order valence-corrected chi connectivity index (χ2v) is 9.89. The van der Waals surface area contributed by atoms with E-state index in [4.69, 9.17) is 9.47 Å². The van der Waals surface area contributed by atoms with E-state index in [9.17, 15) is 9.59 Å². The Morgan fingerprint density at radius 1 is 0.675 bits per heavy atom. The van der Waals surface area contributed by atoms with Gasteiger partial charge in [0.15, 0.2) is 0 Å². The number of H-pyrrole nitrogens is 2. The third-order valence-corrected chi connectivity index (χ3v) is 6.58. The number of rotatable bonds is 16. The average molecular weight is 543 g/mol. The molecule has 2 aromatic carbocycles. The molecule has 0 saturated heterocycles. The molecule has 4 rings (SSSR count). The molecule has 2 N–H and O–H groups in total. The van der Waals surface area contributed by atoms with E-state index in [1.54, 1.807) is 12.4 Å². The standard InChI is InChI=1S/C32H38N4O4/c1-2-3-4-5-6-7-14-19-30(39-28(37)20-26-22-33-31(35-26)24-15-10-8-11-16-24)40-29(38)21-27-23-34-32(36-27)25-17-12-9-13-18-25/h8-13,15-18,22-23,30H,2-7,14,19-21H2,1H3,(H,33,35)(H,34,36). The van der Waals surface area contributed by atoms with Crippen LogP contribution in [0.5, 0.6) is 0 Å². The third-order valence-electron chi connectivity index (χ3n) is 6.58. The highest BCUT2D eigenvalue weighted by Gasteiger charge is 2.21. The first-order valence-corrected chi connectivity index (χ1v) is 14.2. The number of nitrogens with one attached hydrogen (secondary N) is 2. The Kier molecular flexibility index (Phi) is 11.1. The molecular weight excluding hydrogens is 504 g/mol. The fourth-order valence-electron chi connectivity index (χ4n) is 4.47. The first-order valence-electron chi connectivity index (χ1n) is 14.2. The van der Waals surface area contributed by atoms with Gasteiger partial charge in [0.25, 0.3) is 0 Å². The van der Waals surface area contributed by atoms with Crippen molar-refractivity contribution in [3.8, 4) is 22.8 Å². The van der Waals surface area contributed by atoms with E-state index in [1.807, 2.05) is 60.7 Å². The Balaban J connectivity index is 1.31. The molecule has 2 aromatic heterocycles. The van der Waals surface area contributed by atoms with Crippen molar-refractivity contribution < 1.29 is 19.1 Å². The second-order valence-electron chi connectivity index (χ2n) is 9.89. The minimum Gasteiger partial charge on any atom is -0.425 e. The highest BCUT2D eigenvalue weighted by Crippen LogP contribution is 2.18. The molecule has 0 fully saturated rings. The number of benzene rings is 2. The molecule has 0 atom stereocenters. The van der Waals surface area contributed by atoms with Gasteiger partial charge in [-0.3, -0.25) is 9.59 Å². The molecule has 40 heavy (non-hydrogen) atoms. The Bertz CT molecular complexity index is 1220. The fourth-order valence-corrected chi connectivity index (χ4v) is 4.47. The Hall–Kier alpha value is -4.20. The highest BCUT2D eigenvalue weighted by molar-refractivity contribution is 5.74. The number of unbranched alkanes of at least 4 members (excludes halogenated alkanes) is 6. The van der Waals surface area contributed by atoms with Gasteiger partial charge in [0.05, 0.1) is 24.2 Å². The van der Waals surface area contributed by atoms with Crippen LogP contribution in [0.3, 0.4) is 0 Å². The summed E-state index contributed by atoms with van der Waals surface area (Å²) in [6.07, 6.45) is 10.6. The predicted molar refractivity (Wildman–Crippen MR) is 154 cm³/mol. The Morgan fingerprint density at radius 2 is 1.12 bits per heavy atom. The molecule has 0 unspecified atom stereocenters. The second kappa shape index (κ2) is 15.4. The molecule has 0 radical (unpaired) electrons. The van der Waals surface area contributed by atoms with Crippen LogP contribution in [0.15, 0.2) is 73.1 Å². The summed E-state index contributed by atoms with van der Waals surface area (Å²) in [6.45, 7) is 2.20. The van der Waals surface area contributed by atoms with Crippen LogP contribution in [0.25, 0.3) is 22.8 Å². The molecular formula is C32H38N4O4. The molecule has 0 spiro atoms. The van der Waals surface area contributed by atoms with Gasteiger partial charge in [0.2, 0.25) is 6.29 Å². The first kappa shape index (κ1) is 28.8. The fraction of sp³-hybridized carbons (Fsp3) is 0.375. The lowest BCUT2D eigenvalue weighted by Gasteiger charge is -2.18. The van der Waals surface area contributed by atoms with Gasteiger partial charge in [-0.15, -0.1) is 0 Å². The summed E-state index contributed by atoms with van der Waals surface area (Å²) >= 11 is 0. The predicted octanol–water partition coefficient (Wildman–Crippen LogP) is 6.81. The molecule has 0 amide bonds. The summed E-state index contributed by atoms with van der Waals surface area (Å²) in [5, 5.41) is 0. The van der Waals surface area contributed by atoms with Crippen molar-refractivity contribution >= 4 is 11.9 Å². The van der Waals surface area contributed by atoms with E-state index < -0.39 is 18.2 Å². The zero-order valence-electron chi connectivity index (χ0n) is 23.1. The number of carbonyl (C=O) groups excluding carboxylic acids is 2. The van der Waals surface area contributed by atoms with E-state index in [-0.39, 0.29) is 12.8 Å².